The first-order chi connectivity index (χ1) is 20.2. The number of phenolic OH excluding ortho intramolecular Hbond substituents is 2. The van der Waals surface area contributed by atoms with Crippen LogP contribution >= 0.6 is 0 Å². The highest BCUT2D eigenvalue weighted by Crippen LogP contribution is 2.39. The number of aliphatic hydroxyl groups excluding tert-OH is 1. The van der Waals surface area contributed by atoms with E-state index < -0.39 is 23.5 Å². The molecule has 0 fully saturated rings. The highest BCUT2D eigenvalue weighted by Gasteiger charge is 2.36. The second-order valence-corrected chi connectivity index (χ2v) is 10.0. The number of para-hydroxylation sites is 1. The number of hydrogen-bond acceptors (Lipinski definition) is 10. The molecule has 0 spiro atoms. The first-order valence-corrected chi connectivity index (χ1v) is 12.9. The van der Waals surface area contributed by atoms with Gasteiger partial charge in [0, 0.05) is 41.0 Å². The quantitative estimate of drug-likeness (QED) is 0.208. The molecular formula is C32H20O10. The summed E-state index contributed by atoms with van der Waals surface area (Å²) in [7, 11) is 0. The Labute approximate surface area is 235 Å². The molecule has 2 aromatic heterocycles. The molecule has 0 saturated carbocycles. The van der Waals surface area contributed by atoms with Crippen LogP contribution in [0.5, 0.6) is 17.2 Å². The lowest BCUT2D eigenvalue weighted by atomic mass is 9.94. The van der Waals surface area contributed by atoms with Gasteiger partial charge in [-0.1, -0.05) is 18.2 Å². The predicted octanol–water partition coefficient (Wildman–Crippen LogP) is 4.61. The Morgan fingerprint density at radius 3 is 2.36 bits per heavy atom. The topological polar surface area (TPSA) is 157 Å². The first-order valence-electron chi connectivity index (χ1n) is 12.9. The number of hydrogen-bond donors (Lipinski definition) is 3. The van der Waals surface area contributed by atoms with Crippen molar-refractivity contribution in [2.24, 2.45) is 0 Å². The molecule has 4 heterocycles. The summed E-state index contributed by atoms with van der Waals surface area (Å²) in [5.41, 5.74) is 1.64. The van der Waals surface area contributed by atoms with E-state index in [1.54, 1.807) is 36.4 Å². The minimum Gasteiger partial charge on any atom is -0.508 e. The number of carbonyl (C=O) groups excluding carboxylic acids is 1. The van der Waals surface area contributed by atoms with Crippen LogP contribution in [0.1, 0.15) is 22.3 Å². The molecule has 0 aliphatic carbocycles. The maximum Gasteiger partial charge on any atom is 0.337 e. The smallest absolute Gasteiger partial charge is 0.337 e. The normalized spacial score (nSPS) is 16.0. The number of ether oxygens (including phenoxy) is 2. The Kier molecular flexibility index (Phi) is 5.65. The highest BCUT2D eigenvalue weighted by atomic mass is 16.7. The number of rotatable bonds is 4. The van der Waals surface area contributed by atoms with E-state index in [9.17, 15) is 29.7 Å². The maximum absolute atomic E-state index is 12.9. The van der Waals surface area contributed by atoms with Gasteiger partial charge in [-0.05, 0) is 59.5 Å². The molecule has 3 aromatic carbocycles. The molecule has 42 heavy (non-hydrogen) atoms. The number of aliphatic hydroxyl groups is 1. The van der Waals surface area contributed by atoms with Crippen molar-refractivity contribution in [3.8, 4) is 17.2 Å². The van der Waals surface area contributed by atoms with Crippen LogP contribution in [0.3, 0.4) is 0 Å². The van der Waals surface area contributed by atoms with Gasteiger partial charge in [0.05, 0.1) is 11.1 Å². The molecule has 10 nitrogen and oxygen atoms in total. The van der Waals surface area contributed by atoms with Crippen molar-refractivity contribution in [3.05, 3.63) is 127 Å². The van der Waals surface area contributed by atoms with Crippen LogP contribution in [0.25, 0.3) is 27.7 Å². The fourth-order valence-electron chi connectivity index (χ4n) is 5.36. The van der Waals surface area contributed by atoms with Gasteiger partial charge in [0.25, 0.3) is 6.29 Å². The molecule has 0 bridgehead atoms. The Bertz CT molecular complexity index is 2150. The van der Waals surface area contributed by atoms with Gasteiger partial charge >= 0.3 is 17.2 Å². The van der Waals surface area contributed by atoms with Crippen LogP contribution in [0.15, 0.2) is 102 Å². The van der Waals surface area contributed by atoms with E-state index in [2.05, 4.69) is 0 Å². The summed E-state index contributed by atoms with van der Waals surface area (Å²) < 4.78 is 21.7. The average Bonchev–Trinajstić information content (AvgIpc) is 2.94. The van der Waals surface area contributed by atoms with E-state index in [1.165, 1.54) is 36.4 Å². The maximum atomic E-state index is 12.9. The van der Waals surface area contributed by atoms with Gasteiger partial charge in [0.2, 0.25) is 0 Å². The van der Waals surface area contributed by atoms with Crippen molar-refractivity contribution in [1.82, 2.24) is 0 Å². The summed E-state index contributed by atoms with van der Waals surface area (Å²) in [6.45, 7) is 0. The second-order valence-electron chi connectivity index (χ2n) is 10.0. The molecule has 10 heteroatoms. The van der Waals surface area contributed by atoms with Crippen molar-refractivity contribution in [2.75, 3.05) is 0 Å². The SMILES string of the molecule is O=C1OC2Oc3ccc(Cc4cc(=O)oc5cc(O)ccc45)cc3C(O)=C2C=C1Cc1cc(=O)oc2c(O)cccc12. The van der Waals surface area contributed by atoms with E-state index in [0.29, 0.717) is 39.6 Å². The van der Waals surface area contributed by atoms with Gasteiger partial charge in [0.1, 0.15) is 22.8 Å². The fraction of sp³-hybridized carbons (Fsp3) is 0.0938. The Hall–Kier alpha value is -5.77. The van der Waals surface area contributed by atoms with Crippen molar-refractivity contribution >= 4 is 33.7 Å². The standard InChI is InChI=1S/C32H20O10/c33-19-5-6-20-16(12-27(35)39-26(20)14-19)8-15-4-7-25-22(9-15)29(37)23-11-18(31(38)42-32(23)40-25)10-17-13-28(36)41-30-21(17)2-1-3-24(30)34/h1-7,9,11-14,32-34,37H,8,10H2. The molecule has 5 aromatic rings. The van der Waals surface area contributed by atoms with Crippen LogP contribution < -0.4 is 16.0 Å². The molecule has 2 aliphatic rings. The van der Waals surface area contributed by atoms with Crippen molar-refractivity contribution in [3.63, 3.8) is 0 Å². The minimum absolute atomic E-state index is 0.00735. The first kappa shape index (κ1) is 25.2. The molecule has 0 saturated heterocycles. The van der Waals surface area contributed by atoms with E-state index in [0.717, 1.165) is 5.56 Å². The molecule has 0 radical (unpaired) electrons. The third-order valence-electron chi connectivity index (χ3n) is 7.29. The summed E-state index contributed by atoms with van der Waals surface area (Å²) in [5.74, 6) is -0.756. The van der Waals surface area contributed by atoms with E-state index >= 15 is 0 Å². The summed E-state index contributed by atoms with van der Waals surface area (Å²) in [5, 5.41) is 32.3. The third kappa shape index (κ3) is 4.26. The molecule has 7 rings (SSSR count). The zero-order valence-electron chi connectivity index (χ0n) is 21.6. The number of carbonyl (C=O) groups is 1. The lowest BCUT2D eigenvalue weighted by Gasteiger charge is -2.30. The van der Waals surface area contributed by atoms with Crippen molar-refractivity contribution in [1.29, 1.82) is 0 Å². The Balaban J connectivity index is 1.26. The van der Waals surface area contributed by atoms with Crippen LogP contribution in [-0.2, 0) is 22.4 Å². The lowest BCUT2D eigenvalue weighted by Crippen LogP contribution is -2.34. The molecule has 3 N–H and O–H groups in total. The van der Waals surface area contributed by atoms with Crippen molar-refractivity contribution in [2.45, 2.75) is 19.1 Å². The number of phenols is 2. The van der Waals surface area contributed by atoms with E-state index in [4.69, 9.17) is 18.3 Å². The van der Waals surface area contributed by atoms with Crippen LogP contribution in [-0.4, -0.2) is 27.6 Å². The Morgan fingerprint density at radius 1 is 0.738 bits per heavy atom. The Morgan fingerprint density at radius 2 is 1.52 bits per heavy atom. The van der Waals surface area contributed by atoms with Gasteiger partial charge in [-0.15, -0.1) is 0 Å². The van der Waals surface area contributed by atoms with Gasteiger partial charge in [-0.2, -0.15) is 0 Å². The predicted molar refractivity (Wildman–Crippen MR) is 149 cm³/mol. The van der Waals surface area contributed by atoms with E-state index in [-0.39, 0.29) is 46.0 Å². The van der Waals surface area contributed by atoms with Crippen LogP contribution in [0.4, 0.5) is 0 Å². The highest BCUT2D eigenvalue weighted by molar-refractivity contribution is 5.94. The zero-order chi connectivity index (χ0) is 29.1. The van der Waals surface area contributed by atoms with Crippen molar-refractivity contribution < 1.29 is 38.4 Å². The molecular weight excluding hydrogens is 544 g/mol. The second kappa shape index (κ2) is 9.41. The number of aromatic hydroxyl groups is 2. The van der Waals surface area contributed by atoms with Gasteiger partial charge < -0.3 is 33.6 Å². The zero-order valence-corrected chi connectivity index (χ0v) is 21.6. The van der Waals surface area contributed by atoms with Crippen LogP contribution in [0, 0.1) is 0 Å². The lowest BCUT2D eigenvalue weighted by molar-refractivity contribution is -0.155. The molecule has 0 amide bonds. The summed E-state index contributed by atoms with van der Waals surface area (Å²) in [6.07, 6.45) is 0.600. The minimum atomic E-state index is -1.17. The fourth-order valence-corrected chi connectivity index (χ4v) is 5.36. The monoisotopic (exact) mass is 564 g/mol. The van der Waals surface area contributed by atoms with Gasteiger partial charge in [-0.3, -0.25) is 0 Å². The van der Waals surface area contributed by atoms with Crippen LogP contribution in [0.2, 0.25) is 0 Å². The molecule has 1 atom stereocenters. The van der Waals surface area contributed by atoms with E-state index in [1.807, 2.05) is 0 Å². The third-order valence-corrected chi connectivity index (χ3v) is 7.29. The largest absolute Gasteiger partial charge is 0.508 e. The number of fused-ring (bicyclic) bond motifs is 4. The van der Waals surface area contributed by atoms with Gasteiger partial charge in [-0.25, -0.2) is 14.4 Å². The molecule has 1 unspecified atom stereocenters. The number of benzene rings is 3. The molecule has 208 valence electrons. The molecule has 2 aliphatic heterocycles. The summed E-state index contributed by atoms with van der Waals surface area (Å²) >= 11 is 0. The summed E-state index contributed by atoms with van der Waals surface area (Å²) in [4.78, 5) is 37.2. The summed E-state index contributed by atoms with van der Waals surface area (Å²) in [6, 6.07) is 16.9. The number of esters is 1. The van der Waals surface area contributed by atoms with Gasteiger partial charge in [0.15, 0.2) is 11.3 Å². The average molecular weight is 565 g/mol.